The predicted molar refractivity (Wildman–Crippen MR) is 127 cm³/mol. The predicted octanol–water partition coefficient (Wildman–Crippen LogP) is 2.81. The van der Waals surface area contributed by atoms with E-state index in [1.807, 2.05) is 68.4 Å². The number of ether oxygens (including phenoxy) is 1. The van der Waals surface area contributed by atoms with Crippen LogP contribution in [0.25, 0.3) is 0 Å². The number of rotatable bonds is 8. The third-order valence-corrected chi connectivity index (χ3v) is 5.71. The molecule has 7 heteroatoms. The molecule has 1 N–H and O–H groups in total. The van der Waals surface area contributed by atoms with Gasteiger partial charge in [0.15, 0.2) is 0 Å². The normalized spacial score (nSPS) is 14.7. The van der Waals surface area contributed by atoms with Crippen LogP contribution in [0.2, 0.25) is 0 Å². The average Bonchev–Trinajstić information content (AvgIpc) is 2.82. The molecule has 1 aliphatic heterocycles. The van der Waals surface area contributed by atoms with Crippen molar-refractivity contribution in [2.45, 2.75) is 32.7 Å². The zero-order valence-corrected chi connectivity index (χ0v) is 19.6. The van der Waals surface area contributed by atoms with Crippen LogP contribution in [0.4, 0.5) is 0 Å². The molecule has 3 amide bonds. The highest BCUT2D eigenvalue weighted by Crippen LogP contribution is 2.19. The maximum absolute atomic E-state index is 13.4. The van der Waals surface area contributed by atoms with E-state index < -0.39 is 6.04 Å². The van der Waals surface area contributed by atoms with Crippen LogP contribution in [-0.2, 0) is 20.8 Å². The standard InChI is InChI=1S/C26H33N3O4/c1-19(2)16-23(30)27-25(21-9-5-4-6-10-21)26(32)29-14-12-28(13-15-29)24(31)18-20-8-7-11-22(17-20)33-3/h4-11,17,19,25H,12-16,18H2,1-3H3,(H,27,30). The van der Waals surface area contributed by atoms with E-state index in [1.54, 1.807) is 16.9 Å². The molecule has 1 aliphatic rings. The minimum atomic E-state index is -0.725. The molecule has 0 radical (unpaired) electrons. The first-order chi connectivity index (χ1) is 15.9. The highest BCUT2D eigenvalue weighted by atomic mass is 16.5. The average molecular weight is 452 g/mol. The van der Waals surface area contributed by atoms with Gasteiger partial charge in [-0.2, -0.15) is 0 Å². The van der Waals surface area contributed by atoms with E-state index in [0.717, 1.165) is 16.9 Å². The van der Waals surface area contributed by atoms with Gasteiger partial charge < -0.3 is 19.9 Å². The van der Waals surface area contributed by atoms with Crippen LogP contribution in [0.15, 0.2) is 54.6 Å². The Morgan fingerprint density at radius 2 is 1.61 bits per heavy atom. The summed E-state index contributed by atoms with van der Waals surface area (Å²) in [5.74, 6) is 0.676. The van der Waals surface area contributed by atoms with Crippen molar-refractivity contribution in [1.82, 2.24) is 15.1 Å². The van der Waals surface area contributed by atoms with E-state index in [4.69, 9.17) is 4.74 Å². The topological polar surface area (TPSA) is 79.0 Å². The Morgan fingerprint density at radius 3 is 2.24 bits per heavy atom. The second kappa shape index (κ2) is 11.5. The molecule has 1 heterocycles. The molecule has 2 aromatic carbocycles. The number of piperazine rings is 1. The lowest BCUT2D eigenvalue weighted by Gasteiger charge is -2.36. The SMILES string of the molecule is COc1cccc(CC(=O)N2CCN(C(=O)C(NC(=O)CC(C)C)c3ccccc3)CC2)c1. The molecule has 3 rings (SSSR count). The molecular formula is C26H33N3O4. The van der Waals surface area contributed by atoms with Gasteiger partial charge in [0.25, 0.3) is 0 Å². The van der Waals surface area contributed by atoms with Gasteiger partial charge in [-0.1, -0.05) is 56.3 Å². The maximum atomic E-state index is 13.4. The largest absolute Gasteiger partial charge is 0.497 e. The van der Waals surface area contributed by atoms with Crippen molar-refractivity contribution in [1.29, 1.82) is 0 Å². The van der Waals surface area contributed by atoms with Crippen LogP contribution in [0, 0.1) is 5.92 Å². The highest BCUT2D eigenvalue weighted by Gasteiger charge is 2.31. The van der Waals surface area contributed by atoms with Gasteiger partial charge >= 0.3 is 0 Å². The summed E-state index contributed by atoms with van der Waals surface area (Å²) < 4.78 is 5.23. The molecule has 2 aromatic rings. The number of carbonyl (C=O) groups is 3. The summed E-state index contributed by atoms with van der Waals surface area (Å²) in [6, 6.07) is 16.1. The Bertz CT molecular complexity index is 953. The van der Waals surface area contributed by atoms with Gasteiger partial charge in [0.2, 0.25) is 17.7 Å². The van der Waals surface area contributed by atoms with Crippen molar-refractivity contribution in [3.8, 4) is 5.75 Å². The molecule has 0 saturated carbocycles. The van der Waals surface area contributed by atoms with Crippen LogP contribution in [0.3, 0.4) is 0 Å². The minimum Gasteiger partial charge on any atom is -0.497 e. The van der Waals surface area contributed by atoms with Crippen molar-refractivity contribution < 1.29 is 19.1 Å². The summed E-state index contributed by atoms with van der Waals surface area (Å²) in [6.07, 6.45) is 0.659. The Labute approximate surface area is 195 Å². The number of benzene rings is 2. The first-order valence-electron chi connectivity index (χ1n) is 11.4. The van der Waals surface area contributed by atoms with Crippen molar-refractivity contribution in [2.75, 3.05) is 33.3 Å². The second-order valence-electron chi connectivity index (χ2n) is 8.74. The van der Waals surface area contributed by atoms with Gasteiger partial charge in [0, 0.05) is 32.6 Å². The number of carbonyl (C=O) groups excluding carboxylic acids is 3. The molecule has 0 aliphatic carbocycles. The lowest BCUT2D eigenvalue weighted by Crippen LogP contribution is -2.53. The molecule has 1 unspecified atom stereocenters. The van der Waals surface area contributed by atoms with Crippen molar-refractivity contribution in [3.63, 3.8) is 0 Å². The maximum Gasteiger partial charge on any atom is 0.249 e. The molecule has 33 heavy (non-hydrogen) atoms. The van der Waals surface area contributed by atoms with Gasteiger partial charge in [-0.3, -0.25) is 14.4 Å². The van der Waals surface area contributed by atoms with E-state index in [2.05, 4.69) is 5.32 Å². The zero-order valence-electron chi connectivity index (χ0n) is 19.6. The lowest BCUT2D eigenvalue weighted by atomic mass is 10.0. The van der Waals surface area contributed by atoms with Gasteiger partial charge in [0.1, 0.15) is 11.8 Å². The Hall–Kier alpha value is -3.35. The number of nitrogens with zero attached hydrogens (tertiary/aromatic N) is 2. The van der Waals surface area contributed by atoms with E-state index in [9.17, 15) is 14.4 Å². The first-order valence-corrected chi connectivity index (χ1v) is 11.4. The van der Waals surface area contributed by atoms with Gasteiger partial charge in [-0.25, -0.2) is 0 Å². The summed E-state index contributed by atoms with van der Waals surface area (Å²) in [7, 11) is 1.60. The minimum absolute atomic E-state index is 0.0280. The van der Waals surface area contributed by atoms with Crippen LogP contribution < -0.4 is 10.1 Å². The summed E-state index contributed by atoms with van der Waals surface area (Å²) in [4.78, 5) is 42.1. The number of amides is 3. The lowest BCUT2D eigenvalue weighted by molar-refractivity contribution is -0.141. The van der Waals surface area contributed by atoms with Crippen LogP contribution in [0.1, 0.15) is 37.4 Å². The van der Waals surface area contributed by atoms with Gasteiger partial charge in [-0.15, -0.1) is 0 Å². The number of hydrogen-bond donors (Lipinski definition) is 1. The summed E-state index contributed by atoms with van der Waals surface area (Å²) in [5, 5.41) is 2.92. The Morgan fingerprint density at radius 1 is 0.939 bits per heavy atom. The number of hydrogen-bond acceptors (Lipinski definition) is 4. The number of nitrogens with one attached hydrogen (secondary N) is 1. The van der Waals surface area contributed by atoms with E-state index in [0.29, 0.717) is 39.0 Å². The quantitative estimate of drug-likeness (QED) is 0.670. The molecular weight excluding hydrogens is 418 g/mol. The van der Waals surface area contributed by atoms with E-state index >= 15 is 0 Å². The highest BCUT2D eigenvalue weighted by molar-refractivity contribution is 5.89. The fourth-order valence-corrected chi connectivity index (χ4v) is 3.95. The van der Waals surface area contributed by atoms with Crippen LogP contribution >= 0.6 is 0 Å². The fourth-order valence-electron chi connectivity index (χ4n) is 3.95. The molecule has 0 spiro atoms. The third kappa shape index (κ3) is 6.81. The summed E-state index contributed by atoms with van der Waals surface area (Å²) in [5.41, 5.74) is 1.66. The van der Waals surface area contributed by atoms with Crippen LogP contribution in [0.5, 0.6) is 5.75 Å². The molecule has 0 bridgehead atoms. The molecule has 7 nitrogen and oxygen atoms in total. The van der Waals surface area contributed by atoms with E-state index in [1.165, 1.54) is 0 Å². The Balaban J connectivity index is 1.61. The van der Waals surface area contributed by atoms with Crippen molar-refractivity contribution in [2.24, 2.45) is 5.92 Å². The van der Waals surface area contributed by atoms with Crippen LogP contribution in [-0.4, -0.2) is 60.8 Å². The van der Waals surface area contributed by atoms with Gasteiger partial charge in [0.05, 0.1) is 13.5 Å². The van der Waals surface area contributed by atoms with Crippen molar-refractivity contribution in [3.05, 3.63) is 65.7 Å². The zero-order chi connectivity index (χ0) is 23.8. The smallest absolute Gasteiger partial charge is 0.249 e. The summed E-state index contributed by atoms with van der Waals surface area (Å²) in [6.45, 7) is 5.76. The van der Waals surface area contributed by atoms with Crippen molar-refractivity contribution >= 4 is 17.7 Å². The first kappa shape index (κ1) is 24.3. The molecule has 0 aromatic heterocycles. The molecule has 1 saturated heterocycles. The molecule has 1 atom stereocenters. The molecule has 1 fully saturated rings. The summed E-state index contributed by atoms with van der Waals surface area (Å²) >= 11 is 0. The fraction of sp³-hybridized carbons (Fsp3) is 0.423. The molecule has 176 valence electrons. The van der Waals surface area contributed by atoms with Gasteiger partial charge in [-0.05, 0) is 29.2 Å². The third-order valence-electron chi connectivity index (χ3n) is 5.71. The second-order valence-corrected chi connectivity index (χ2v) is 8.74. The monoisotopic (exact) mass is 451 g/mol. The number of methoxy groups -OCH3 is 1. The Kier molecular flexibility index (Phi) is 8.46. The van der Waals surface area contributed by atoms with E-state index in [-0.39, 0.29) is 23.6 Å².